The minimum atomic E-state index is -0.116. The number of benzene rings is 1. The molecule has 1 aromatic heterocycles. The molecule has 3 N–H and O–H groups in total. The molecule has 0 saturated heterocycles. The average molecular weight is 292 g/mol. The van der Waals surface area contributed by atoms with Gasteiger partial charge in [0.15, 0.2) is 5.16 Å². The monoisotopic (exact) mass is 292 g/mol. The Bertz CT molecular complexity index is 631. The fourth-order valence-corrected chi connectivity index (χ4v) is 2.73. The van der Waals surface area contributed by atoms with E-state index in [0.717, 1.165) is 35.2 Å². The van der Waals surface area contributed by atoms with Crippen LogP contribution >= 0.6 is 11.8 Å². The van der Waals surface area contributed by atoms with Gasteiger partial charge in [0.25, 0.3) is 0 Å². The van der Waals surface area contributed by atoms with E-state index in [2.05, 4.69) is 10.2 Å². The van der Waals surface area contributed by atoms with Gasteiger partial charge in [-0.25, -0.2) is 9.89 Å². The maximum absolute atomic E-state index is 11.6. The summed E-state index contributed by atoms with van der Waals surface area (Å²) in [5, 5.41) is 7.30. The lowest BCUT2D eigenvalue weighted by molar-refractivity contribution is 0.344. The third-order valence-corrected chi connectivity index (χ3v) is 3.96. The molecule has 0 radical (unpaired) electrons. The minimum absolute atomic E-state index is 0.116. The second-order valence-corrected chi connectivity index (χ2v) is 5.74. The van der Waals surface area contributed by atoms with E-state index >= 15 is 0 Å². The molecule has 1 aliphatic rings. The molecule has 6 nitrogen and oxygen atoms in total. The molecule has 20 heavy (non-hydrogen) atoms. The predicted octanol–water partition coefficient (Wildman–Crippen LogP) is 1.66. The lowest BCUT2D eigenvalue weighted by atomic mass is 10.3. The highest BCUT2D eigenvalue weighted by molar-refractivity contribution is 7.99. The standard InChI is InChI=1S/C13H16N4O2S/c14-9-1-5-11(6-2-9)19-7-8-20-13-16-15-12(18)17(13)10-3-4-10/h1-2,5-6,10H,3-4,7-8,14H2,(H,15,18). The number of nitrogen functional groups attached to an aromatic ring is 1. The summed E-state index contributed by atoms with van der Waals surface area (Å²) in [5.74, 6) is 1.53. The highest BCUT2D eigenvalue weighted by atomic mass is 32.2. The number of rotatable bonds is 6. The molecule has 7 heteroatoms. The van der Waals surface area contributed by atoms with Crippen LogP contribution in [0.3, 0.4) is 0 Å². The van der Waals surface area contributed by atoms with E-state index in [1.807, 2.05) is 12.1 Å². The van der Waals surface area contributed by atoms with Crippen molar-refractivity contribution in [3.63, 3.8) is 0 Å². The van der Waals surface area contributed by atoms with E-state index in [-0.39, 0.29) is 5.69 Å². The van der Waals surface area contributed by atoms with Gasteiger partial charge in [-0.2, -0.15) is 0 Å². The van der Waals surface area contributed by atoms with Crippen molar-refractivity contribution in [2.45, 2.75) is 24.0 Å². The number of hydrogen-bond acceptors (Lipinski definition) is 5. The summed E-state index contributed by atoms with van der Waals surface area (Å²) in [4.78, 5) is 11.6. The first kappa shape index (κ1) is 13.1. The van der Waals surface area contributed by atoms with Gasteiger partial charge < -0.3 is 10.5 Å². The molecule has 0 unspecified atom stereocenters. The summed E-state index contributed by atoms with van der Waals surface area (Å²) in [7, 11) is 0. The average Bonchev–Trinajstić information content (AvgIpc) is 3.21. The Kier molecular flexibility index (Phi) is 3.68. The maximum atomic E-state index is 11.6. The lowest BCUT2D eigenvalue weighted by Gasteiger charge is -2.06. The molecule has 0 bridgehead atoms. The first-order valence-corrected chi connectivity index (χ1v) is 7.50. The number of anilines is 1. The third kappa shape index (κ3) is 2.98. The van der Waals surface area contributed by atoms with Gasteiger partial charge in [-0.15, -0.1) is 5.10 Å². The van der Waals surface area contributed by atoms with Crippen LogP contribution in [0.5, 0.6) is 5.75 Å². The van der Waals surface area contributed by atoms with Crippen LogP contribution in [0.2, 0.25) is 0 Å². The smallest absolute Gasteiger partial charge is 0.344 e. The van der Waals surface area contributed by atoms with Gasteiger partial charge in [0, 0.05) is 17.5 Å². The summed E-state index contributed by atoms with van der Waals surface area (Å²) >= 11 is 1.53. The number of nitrogens with zero attached hydrogens (tertiary/aromatic N) is 2. The van der Waals surface area contributed by atoms with Gasteiger partial charge in [-0.05, 0) is 37.1 Å². The van der Waals surface area contributed by atoms with Crippen molar-refractivity contribution in [2.24, 2.45) is 0 Å². The van der Waals surface area contributed by atoms with Crippen LogP contribution in [0.4, 0.5) is 5.69 Å². The second kappa shape index (κ2) is 5.62. The highest BCUT2D eigenvalue weighted by Crippen LogP contribution is 2.35. The Morgan fingerprint density at radius 1 is 1.40 bits per heavy atom. The van der Waals surface area contributed by atoms with Crippen LogP contribution < -0.4 is 16.2 Å². The van der Waals surface area contributed by atoms with Gasteiger partial charge in [0.1, 0.15) is 5.75 Å². The van der Waals surface area contributed by atoms with Gasteiger partial charge in [-0.1, -0.05) is 11.8 Å². The first-order chi connectivity index (χ1) is 9.74. The molecular weight excluding hydrogens is 276 g/mol. The van der Waals surface area contributed by atoms with Gasteiger partial charge >= 0.3 is 5.69 Å². The zero-order valence-electron chi connectivity index (χ0n) is 10.9. The number of thioether (sulfide) groups is 1. The second-order valence-electron chi connectivity index (χ2n) is 4.68. The van der Waals surface area contributed by atoms with Crippen molar-refractivity contribution in [3.05, 3.63) is 34.7 Å². The van der Waals surface area contributed by atoms with Crippen LogP contribution in [0.1, 0.15) is 18.9 Å². The Hall–Kier alpha value is -1.89. The summed E-state index contributed by atoms with van der Waals surface area (Å²) < 4.78 is 7.35. The first-order valence-electron chi connectivity index (χ1n) is 6.52. The summed E-state index contributed by atoms with van der Waals surface area (Å²) in [6.45, 7) is 0.556. The maximum Gasteiger partial charge on any atom is 0.344 e. The summed E-state index contributed by atoms with van der Waals surface area (Å²) in [6.07, 6.45) is 2.13. The zero-order chi connectivity index (χ0) is 13.9. The van der Waals surface area contributed by atoms with Crippen LogP contribution in [-0.2, 0) is 0 Å². The molecule has 0 amide bonds. The zero-order valence-corrected chi connectivity index (χ0v) is 11.7. The van der Waals surface area contributed by atoms with Crippen LogP contribution in [-0.4, -0.2) is 27.1 Å². The number of ether oxygens (including phenoxy) is 1. The summed E-state index contributed by atoms with van der Waals surface area (Å²) in [5.41, 5.74) is 6.21. The van der Waals surface area contributed by atoms with E-state index in [4.69, 9.17) is 10.5 Å². The van der Waals surface area contributed by atoms with E-state index in [1.54, 1.807) is 16.7 Å². The molecule has 0 spiro atoms. The molecule has 1 fully saturated rings. The van der Waals surface area contributed by atoms with Gasteiger partial charge in [-0.3, -0.25) is 4.57 Å². The van der Waals surface area contributed by atoms with Crippen LogP contribution in [0, 0.1) is 0 Å². The number of aromatic amines is 1. The largest absolute Gasteiger partial charge is 0.493 e. The number of nitrogens with one attached hydrogen (secondary N) is 1. The normalized spacial score (nSPS) is 14.4. The molecular formula is C13H16N4O2S. The molecule has 3 rings (SSSR count). The van der Waals surface area contributed by atoms with E-state index < -0.39 is 0 Å². The fourth-order valence-electron chi connectivity index (χ4n) is 1.90. The lowest BCUT2D eigenvalue weighted by Crippen LogP contribution is -2.16. The third-order valence-electron chi connectivity index (χ3n) is 3.05. The Morgan fingerprint density at radius 2 is 2.15 bits per heavy atom. The predicted molar refractivity (Wildman–Crippen MR) is 78.2 cm³/mol. The van der Waals surface area contributed by atoms with Crippen LogP contribution in [0.15, 0.2) is 34.2 Å². The molecule has 1 saturated carbocycles. The molecule has 2 aromatic rings. The number of H-pyrrole nitrogens is 1. The molecule has 1 aromatic carbocycles. The van der Waals surface area contributed by atoms with E-state index in [0.29, 0.717) is 12.6 Å². The molecule has 106 valence electrons. The van der Waals surface area contributed by atoms with Crippen molar-refractivity contribution < 1.29 is 4.74 Å². The quantitative estimate of drug-likeness (QED) is 0.480. The van der Waals surface area contributed by atoms with Crippen molar-refractivity contribution in [1.82, 2.24) is 14.8 Å². The van der Waals surface area contributed by atoms with Gasteiger partial charge in [0.05, 0.1) is 6.61 Å². The Labute approximate surface area is 120 Å². The molecule has 1 heterocycles. The molecule has 0 atom stereocenters. The van der Waals surface area contributed by atoms with Crippen molar-refractivity contribution in [2.75, 3.05) is 18.1 Å². The Balaban J connectivity index is 1.50. The van der Waals surface area contributed by atoms with Gasteiger partial charge in [0.2, 0.25) is 0 Å². The minimum Gasteiger partial charge on any atom is -0.493 e. The number of aromatic nitrogens is 3. The highest BCUT2D eigenvalue weighted by Gasteiger charge is 2.28. The fraction of sp³-hybridized carbons (Fsp3) is 0.385. The van der Waals surface area contributed by atoms with Crippen molar-refractivity contribution in [3.8, 4) is 5.75 Å². The summed E-state index contributed by atoms with van der Waals surface area (Å²) in [6, 6.07) is 7.63. The Morgan fingerprint density at radius 3 is 2.85 bits per heavy atom. The van der Waals surface area contributed by atoms with E-state index in [1.165, 1.54) is 11.8 Å². The number of nitrogens with two attached hydrogens (primary N) is 1. The van der Waals surface area contributed by atoms with Crippen molar-refractivity contribution in [1.29, 1.82) is 0 Å². The molecule has 1 aliphatic carbocycles. The topological polar surface area (TPSA) is 85.9 Å². The van der Waals surface area contributed by atoms with Crippen LogP contribution in [0.25, 0.3) is 0 Å². The number of hydrogen-bond donors (Lipinski definition) is 2. The van der Waals surface area contributed by atoms with E-state index in [9.17, 15) is 4.79 Å². The molecule has 0 aliphatic heterocycles. The van der Waals surface area contributed by atoms with Crippen molar-refractivity contribution >= 4 is 17.4 Å². The SMILES string of the molecule is Nc1ccc(OCCSc2n[nH]c(=O)n2C2CC2)cc1.